The molecule has 0 bridgehead atoms. The number of anilines is 3. The molecule has 2 aromatic rings. The molecule has 0 radical (unpaired) electrons. The van der Waals surface area contributed by atoms with Crippen LogP contribution in [0.25, 0.3) is 0 Å². The maximum absolute atomic E-state index is 12.9. The molecule has 4 nitrogen and oxygen atoms in total. The summed E-state index contributed by atoms with van der Waals surface area (Å²) in [7, 11) is 0. The fourth-order valence-electron chi connectivity index (χ4n) is 1.60. The SMILES string of the molecule is CCN(c1ccc(F)cc1)c1nc(N)cc(Br)n1. The fourth-order valence-corrected chi connectivity index (χ4v) is 2.00. The van der Waals surface area contributed by atoms with Gasteiger partial charge in [0.1, 0.15) is 16.2 Å². The molecule has 0 unspecified atom stereocenters. The van der Waals surface area contributed by atoms with E-state index in [-0.39, 0.29) is 5.82 Å². The average molecular weight is 311 g/mol. The van der Waals surface area contributed by atoms with Gasteiger partial charge in [0.05, 0.1) is 0 Å². The molecule has 0 saturated heterocycles. The summed E-state index contributed by atoms with van der Waals surface area (Å²) in [6.45, 7) is 2.62. The molecule has 0 saturated carbocycles. The van der Waals surface area contributed by atoms with Gasteiger partial charge in [-0.05, 0) is 47.1 Å². The Bertz CT molecular complexity index is 524. The predicted octanol–water partition coefficient (Wildman–Crippen LogP) is 3.12. The fraction of sp³-hybridized carbons (Fsp3) is 0.167. The van der Waals surface area contributed by atoms with Crippen LogP contribution in [-0.2, 0) is 0 Å². The number of benzene rings is 1. The molecule has 6 heteroatoms. The quantitative estimate of drug-likeness (QED) is 0.885. The topological polar surface area (TPSA) is 55.0 Å². The molecule has 1 aromatic heterocycles. The molecule has 0 fully saturated rings. The van der Waals surface area contributed by atoms with Crippen LogP contribution in [0.2, 0.25) is 0 Å². The van der Waals surface area contributed by atoms with Crippen LogP contribution in [0.5, 0.6) is 0 Å². The van der Waals surface area contributed by atoms with E-state index in [1.165, 1.54) is 12.1 Å². The molecule has 94 valence electrons. The Kier molecular flexibility index (Phi) is 3.76. The lowest BCUT2D eigenvalue weighted by Gasteiger charge is -2.21. The monoisotopic (exact) mass is 310 g/mol. The molecule has 0 spiro atoms. The molecule has 2 rings (SSSR count). The van der Waals surface area contributed by atoms with E-state index >= 15 is 0 Å². The third-order valence-electron chi connectivity index (χ3n) is 2.40. The Morgan fingerprint density at radius 3 is 2.50 bits per heavy atom. The Labute approximate surface area is 113 Å². The van der Waals surface area contributed by atoms with Gasteiger partial charge in [-0.1, -0.05) is 0 Å². The first-order valence-electron chi connectivity index (χ1n) is 5.43. The van der Waals surface area contributed by atoms with Gasteiger partial charge < -0.3 is 10.6 Å². The first-order chi connectivity index (χ1) is 8.60. The van der Waals surface area contributed by atoms with E-state index in [1.54, 1.807) is 18.2 Å². The predicted molar refractivity (Wildman–Crippen MR) is 73.2 cm³/mol. The highest BCUT2D eigenvalue weighted by molar-refractivity contribution is 9.10. The number of nitrogens with two attached hydrogens (primary N) is 1. The van der Waals surface area contributed by atoms with Crippen molar-refractivity contribution in [3.8, 4) is 0 Å². The maximum atomic E-state index is 12.9. The Hall–Kier alpha value is -1.69. The number of hydrogen-bond donors (Lipinski definition) is 1. The average Bonchev–Trinajstić information content (AvgIpc) is 2.31. The highest BCUT2D eigenvalue weighted by Gasteiger charge is 2.11. The Balaban J connectivity index is 2.41. The minimum absolute atomic E-state index is 0.274. The van der Waals surface area contributed by atoms with Gasteiger partial charge in [0, 0.05) is 18.3 Å². The van der Waals surface area contributed by atoms with Crippen molar-refractivity contribution in [2.45, 2.75) is 6.92 Å². The normalized spacial score (nSPS) is 10.4. The summed E-state index contributed by atoms with van der Waals surface area (Å²) in [6.07, 6.45) is 0. The summed E-state index contributed by atoms with van der Waals surface area (Å²) >= 11 is 3.28. The van der Waals surface area contributed by atoms with E-state index in [9.17, 15) is 4.39 Å². The molecule has 18 heavy (non-hydrogen) atoms. The zero-order valence-corrected chi connectivity index (χ0v) is 11.4. The van der Waals surface area contributed by atoms with Crippen LogP contribution in [0, 0.1) is 5.82 Å². The van der Waals surface area contributed by atoms with Gasteiger partial charge in [-0.2, -0.15) is 4.98 Å². The minimum Gasteiger partial charge on any atom is -0.383 e. The molecule has 1 heterocycles. The number of nitrogen functional groups attached to an aromatic ring is 1. The molecular weight excluding hydrogens is 299 g/mol. The third-order valence-corrected chi connectivity index (χ3v) is 2.81. The van der Waals surface area contributed by atoms with Gasteiger partial charge >= 0.3 is 0 Å². The highest BCUT2D eigenvalue weighted by Crippen LogP contribution is 2.24. The summed E-state index contributed by atoms with van der Waals surface area (Å²) in [5, 5.41) is 0. The molecule has 0 aliphatic rings. The van der Waals surface area contributed by atoms with E-state index in [4.69, 9.17) is 5.73 Å². The first kappa shape index (κ1) is 12.8. The van der Waals surface area contributed by atoms with Crippen LogP contribution in [0.4, 0.5) is 21.8 Å². The van der Waals surface area contributed by atoms with Crippen LogP contribution in [0.1, 0.15) is 6.92 Å². The number of nitrogens with zero attached hydrogens (tertiary/aromatic N) is 3. The second-order valence-corrected chi connectivity index (χ2v) is 4.45. The lowest BCUT2D eigenvalue weighted by atomic mass is 10.3. The molecule has 0 atom stereocenters. The van der Waals surface area contributed by atoms with Crippen molar-refractivity contribution in [2.24, 2.45) is 0 Å². The zero-order valence-electron chi connectivity index (χ0n) is 9.77. The minimum atomic E-state index is -0.274. The van der Waals surface area contributed by atoms with Gasteiger partial charge in [-0.15, -0.1) is 0 Å². The van der Waals surface area contributed by atoms with Gasteiger partial charge in [0.25, 0.3) is 0 Å². The van der Waals surface area contributed by atoms with E-state index in [0.29, 0.717) is 22.9 Å². The molecule has 0 aliphatic heterocycles. The van der Waals surface area contributed by atoms with Gasteiger partial charge in [0.15, 0.2) is 0 Å². The van der Waals surface area contributed by atoms with Gasteiger partial charge in [-0.3, -0.25) is 0 Å². The van der Waals surface area contributed by atoms with Gasteiger partial charge in [0.2, 0.25) is 5.95 Å². The van der Waals surface area contributed by atoms with Crippen molar-refractivity contribution >= 4 is 33.4 Å². The second-order valence-electron chi connectivity index (χ2n) is 3.64. The third kappa shape index (κ3) is 2.76. The van der Waals surface area contributed by atoms with Gasteiger partial charge in [-0.25, -0.2) is 9.37 Å². The first-order valence-corrected chi connectivity index (χ1v) is 6.22. The van der Waals surface area contributed by atoms with Crippen molar-refractivity contribution in [3.05, 3.63) is 40.8 Å². The van der Waals surface area contributed by atoms with E-state index < -0.39 is 0 Å². The van der Waals surface area contributed by atoms with Crippen LogP contribution in [0.3, 0.4) is 0 Å². The summed E-state index contributed by atoms with van der Waals surface area (Å²) in [5.74, 6) is 0.591. The van der Waals surface area contributed by atoms with Crippen molar-refractivity contribution in [1.82, 2.24) is 9.97 Å². The van der Waals surface area contributed by atoms with Crippen LogP contribution < -0.4 is 10.6 Å². The number of hydrogen-bond acceptors (Lipinski definition) is 4. The second kappa shape index (κ2) is 5.30. The summed E-state index contributed by atoms with van der Waals surface area (Å²) in [5.41, 5.74) is 6.50. The summed E-state index contributed by atoms with van der Waals surface area (Å²) < 4.78 is 13.5. The van der Waals surface area contributed by atoms with Crippen molar-refractivity contribution < 1.29 is 4.39 Å². The smallest absolute Gasteiger partial charge is 0.232 e. The van der Waals surface area contributed by atoms with Crippen molar-refractivity contribution in [3.63, 3.8) is 0 Å². The lowest BCUT2D eigenvalue weighted by molar-refractivity contribution is 0.627. The van der Waals surface area contributed by atoms with E-state index in [2.05, 4.69) is 25.9 Å². The molecule has 2 N–H and O–H groups in total. The largest absolute Gasteiger partial charge is 0.383 e. The Morgan fingerprint density at radius 1 is 1.28 bits per heavy atom. The number of aromatic nitrogens is 2. The maximum Gasteiger partial charge on any atom is 0.232 e. The highest BCUT2D eigenvalue weighted by atomic mass is 79.9. The van der Waals surface area contributed by atoms with E-state index in [1.807, 2.05) is 11.8 Å². The number of rotatable bonds is 3. The Morgan fingerprint density at radius 2 is 1.94 bits per heavy atom. The summed E-state index contributed by atoms with van der Waals surface area (Å²) in [4.78, 5) is 10.3. The van der Waals surface area contributed by atoms with Crippen molar-refractivity contribution in [2.75, 3.05) is 17.2 Å². The molecule has 1 aromatic carbocycles. The standard InChI is InChI=1S/C12H12BrFN4/c1-2-18(9-5-3-8(14)4-6-9)12-16-10(13)7-11(15)17-12/h3-7H,2H2,1H3,(H2,15,16,17). The molecule has 0 aliphatic carbocycles. The van der Waals surface area contributed by atoms with Crippen LogP contribution >= 0.6 is 15.9 Å². The number of halogens is 2. The summed E-state index contributed by atoms with van der Waals surface area (Å²) in [6, 6.07) is 7.79. The lowest BCUT2D eigenvalue weighted by Crippen LogP contribution is -2.19. The van der Waals surface area contributed by atoms with Crippen LogP contribution in [-0.4, -0.2) is 16.5 Å². The van der Waals surface area contributed by atoms with Crippen molar-refractivity contribution in [1.29, 1.82) is 0 Å². The van der Waals surface area contributed by atoms with E-state index in [0.717, 1.165) is 5.69 Å². The molecular formula is C12H12BrFN4. The zero-order chi connectivity index (χ0) is 13.1. The molecule has 0 amide bonds. The van der Waals surface area contributed by atoms with Crippen LogP contribution in [0.15, 0.2) is 34.9 Å².